The minimum atomic E-state index is 0.583. The average Bonchev–Trinajstić information content (AvgIpc) is 2.67. The van der Waals surface area contributed by atoms with Crippen LogP contribution >= 0.6 is 15.9 Å². The number of hydrogen-bond donors (Lipinski definition) is 1. The first kappa shape index (κ1) is 10.7. The molecule has 16 heavy (non-hydrogen) atoms. The minimum absolute atomic E-state index is 0.583. The molecule has 2 aromatic rings. The molecule has 4 nitrogen and oxygen atoms in total. The average molecular weight is 277 g/mol. The number of aryl methyl sites for hydroxylation is 1. The molecule has 1 aromatic heterocycles. The first-order valence-corrected chi connectivity index (χ1v) is 5.44. The lowest BCUT2D eigenvalue weighted by atomic mass is 10.2. The summed E-state index contributed by atoms with van der Waals surface area (Å²) in [5.41, 5.74) is 1.34. The van der Waals surface area contributed by atoms with E-state index in [1.54, 1.807) is 10.7 Å². The van der Waals surface area contributed by atoms with Gasteiger partial charge in [-0.2, -0.15) is 10.4 Å². The molecular formula is C11H9BrN4. The van der Waals surface area contributed by atoms with Crippen molar-refractivity contribution in [2.75, 3.05) is 5.32 Å². The van der Waals surface area contributed by atoms with Crippen molar-refractivity contribution in [3.05, 3.63) is 40.5 Å². The lowest BCUT2D eigenvalue weighted by molar-refractivity contribution is 0.771. The second kappa shape index (κ2) is 4.37. The lowest BCUT2D eigenvalue weighted by Gasteiger charge is -2.05. The van der Waals surface area contributed by atoms with Crippen LogP contribution in [-0.2, 0) is 7.05 Å². The maximum Gasteiger partial charge on any atom is 0.152 e. The number of nitrogens with one attached hydrogen (secondary N) is 1. The second-order valence-corrected chi connectivity index (χ2v) is 4.22. The maximum absolute atomic E-state index is 8.99. The van der Waals surface area contributed by atoms with E-state index in [1.165, 1.54) is 0 Å². The molecule has 80 valence electrons. The Morgan fingerprint density at radius 3 is 2.88 bits per heavy atom. The molecule has 0 bridgehead atoms. The van der Waals surface area contributed by atoms with Crippen LogP contribution in [0.15, 0.2) is 34.9 Å². The van der Waals surface area contributed by atoms with E-state index in [-0.39, 0.29) is 0 Å². The quantitative estimate of drug-likeness (QED) is 0.918. The van der Waals surface area contributed by atoms with Crippen LogP contribution in [0.3, 0.4) is 0 Å². The van der Waals surface area contributed by atoms with E-state index in [4.69, 9.17) is 5.26 Å². The van der Waals surface area contributed by atoms with Crippen molar-refractivity contribution in [2.24, 2.45) is 7.05 Å². The van der Waals surface area contributed by atoms with Gasteiger partial charge in [0.05, 0.1) is 11.3 Å². The number of nitrogens with zero attached hydrogens (tertiary/aromatic N) is 3. The fourth-order valence-corrected chi connectivity index (χ4v) is 1.70. The highest BCUT2D eigenvalue weighted by atomic mass is 79.9. The molecule has 0 spiro atoms. The Morgan fingerprint density at radius 1 is 1.44 bits per heavy atom. The molecule has 0 atom stereocenters. The molecule has 0 aliphatic heterocycles. The van der Waals surface area contributed by atoms with Crippen LogP contribution < -0.4 is 5.32 Å². The van der Waals surface area contributed by atoms with Gasteiger partial charge in [-0.05, 0) is 18.2 Å². The fraction of sp³-hybridized carbons (Fsp3) is 0.0909. The number of aromatic nitrogens is 2. The van der Waals surface area contributed by atoms with Crippen molar-refractivity contribution in [3.8, 4) is 6.07 Å². The third kappa shape index (κ3) is 2.23. The number of benzene rings is 1. The highest BCUT2D eigenvalue weighted by molar-refractivity contribution is 9.10. The summed E-state index contributed by atoms with van der Waals surface area (Å²) in [6.45, 7) is 0. The highest BCUT2D eigenvalue weighted by Crippen LogP contribution is 2.22. The van der Waals surface area contributed by atoms with Crippen LogP contribution in [-0.4, -0.2) is 9.78 Å². The van der Waals surface area contributed by atoms with Crippen molar-refractivity contribution in [3.63, 3.8) is 0 Å². The third-order valence-electron chi connectivity index (χ3n) is 2.08. The Morgan fingerprint density at radius 2 is 2.25 bits per heavy atom. The Bertz CT molecular complexity index is 553. The molecule has 1 aromatic carbocycles. The van der Waals surface area contributed by atoms with E-state index < -0.39 is 0 Å². The molecule has 0 radical (unpaired) electrons. The molecule has 1 heterocycles. The third-order valence-corrected chi connectivity index (χ3v) is 2.57. The van der Waals surface area contributed by atoms with Crippen LogP contribution in [0.4, 0.5) is 11.5 Å². The summed E-state index contributed by atoms with van der Waals surface area (Å²) in [4.78, 5) is 0. The Balaban J connectivity index is 2.31. The zero-order chi connectivity index (χ0) is 11.5. The summed E-state index contributed by atoms with van der Waals surface area (Å²) in [5.74, 6) is 0.723. The van der Waals surface area contributed by atoms with Gasteiger partial charge in [-0.25, -0.2) is 0 Å². The van der Waals surface area contributed by atoms with E-state index in [0.717, 1.165) is 16.0 Å². The summed E-state index contributed by atoms with van der Waals surface area (Å²) < 4.78 is 2.59. The summed E-state index contributed by atoms with van der Waals surface area (Å²) in [6.07, 6.45) is 1.84. The first-order chi connectivity index (χ1) is 7.69. The van der Waals surface area contributed by atoms with Crippen LogP contribution in [0.5, 0.6) is 0 Å². The zero-order valence-corrected chi connectivity index (χ0v) is 10.2. The predicted octanol–water partition coefficient (Wildman–Crippen LogP) is 2.80. The molecule has 0 aliphatic rings. The highest BCUT2D eigenvalue weighted by Gasteiger charge is 2.04. The van der Waals surface area contributed by atoms with Gasteiger partial charge in [-0.3, -0.25) is 4.68 Å². The number of nitriles is 1. The van der Waals surface area contributed by atoms with Crippen LogP contribution in [0.1, 0.15) is 5.56 Å². The molecule has 0 saturated heterocycles. The lowest BCUT2D eigenvalue weighted by Crippen LogP contribution is -1.95. The van der Waals surface area contributed by atoms with Gasteiger partial charge in [0.15, 0.2) is 5.82 Å². The standard InChI is InChI=1S/C11H9BrN4/c1-16-5-4-11(15-16)14-10-3-2-9(12)6-8(10)7-13/h2-6H,1H3,(H,14,15). The topological polar surface area (TPSA) is 53.6 Å². The van der Waals surface area contributed by atoms with E-state index >= 15 is 0 Å². The van der Waals surface area contributed by atoms with Crippen LogP contribution in [0.2, 0.25) is 0 Å². The maximum atomic E-state index is 8.99. The Labute approximate surface area is 102 Å². The van der Waals surface area contributed by atoms with Crippen molar-refractivity contribution in [1.82, 2.24) is 9.78 Å². The molecular weight excluding hydrogens is 268 g/mol. The van der Waals surface area contributed by atoms with Crippen molar-refractivity contribution < 1.29 is 0 Å². The monoisotopic (exact) mass is 276 g/mol. The molecule has 0 fully saturated rings. The molecule has 0 saturated carbocycles. The van der Waals surface area contributed by atoms with Crippen LogP contribution in [0, 0.1) is 11.3 Å². The van der Waals surface area contributed by atoms with Crippen molar-refractivity contribution >= 4 is 27.4 Å². The summed E-state index contributed by atoms with van der Waals surface area (Å²) in [7, 11) is 1.85. The van der Waals surface area contributed by atoms with Gasteiger partial charge >= 0.3 is 0 Å². The number of hydrogen-bond acceptors (Lipinski definition) is 3. The molecule has 2 rings (SSSR count). The van der Waals surface area contributed by atoms with E-state index in [2.05, 4.69) is 32.4 Å². The van der Waals surface area contributed by atoms with Crippen molar-refractivity contribution in [2.45, 2.75) is 0 Å². The summed E-state index contributed by atoms with van der Waals surface area (Å²) in [5, 5.41) is 16.3. The largest absolute Gasteiger partial charge is 0.338 e. The molecule has 0 amide bonds. The molecule has 0 unspecified atom stereocenters. The second-order valence-electron chi connectivity index (χ2n) is 3.30. The van der Waals surface area contributed by atoms with Crippen molar-refractivity contribution in [1.29, 1.82) is 5.26 Å². The van der Waals surface area contributed by atoms with Gasteiger partial charge in [0.25, 0.3) is 0 Å². The van der Waals surface area contributed by atoms with Gasteiger partial charge in [-0.15, -0.1) is 0 Å². The van der Waals surface area contributed by atoms with Gasteiger partial charge < -0.3 is 5.32 Å². The first-order valence-electron chi connectivity index (χ1n) is 4.65. The normalized spacial score (nSPS) is 9.81. The van der Waals surface area contributed by atoms with E-state index in [0.29, 0.717) is 5.56 Å². The van der Waals surface area contributed by atoms with E-state index in [1.807, 2.05) is 31.4 Å². The van der Waals surface area contributed by atoms with Gasteiger partial charge in [0.2, 0.25) is 0 Å². The predicted molar refractivity (Wildman–Crippen MR) is 65.3 cm³/mol. The fourth-order valence-electron chi connectivity index (χ4n) is 1.34. The Hall–Kier alpha value is -1.80. The summed E-state index contributed by atoms with van der Waals surface area (Å²) >= 11 is 3.33. The van der Waals surface area contributed by atoms with Gasteiger partial charge in [-0.1, -0.05) is 15.9 Å². The number of halogens is 1. The number of anilines is 2. The number of rotatable bonds is 2. The zero-order valence-electron chi connectivity index (χ0n) is 8.61. The van der Waals surface area contributed by atoms with Gasteiger partial charge in [0, 0.05) is 23.8 Å². The SMILES string of the molecule is Cn1ccc(Nc2ccc(Br)cc2C#N)n1. The Kier molecular flexibility index (Phi) is 2.93. The minimum Gasteiger partial charge on any atom is -0.338 e. The molecule has 1 N–H and O–H groups in total. The smallest absolute Gasteiger partial charge is 0.152 e. The van der Waals surface area contributed by atoms with E-state index in [9.17, 15) is 0 Å². The van der Waals surface area contributed by atoms with Gasteiger partial charge in [0.1, 0.15) is 6.07 Å². The molecule has 0 aliphatic carbocycles. The molecule has 5 heteroatoms. The summed E-state index contributed by atoms with van der Waals surface area (Å²) in [6, 6.07) is 9.48. The van der Waals surface area contributed by atoms with Crippen LogP contribution in [0.25, 0.3) is 0 Å².